The Balaban J connectivity index is 1.82. The van der Waals surface area contributed by atoms with E-state index < -0.39 is 0 Å². The summed E-state index contributed by atoms with van der Waals surface area (Å²) in [5, 5.41) is 4.96. The number of methoxy groups -OCH3 is 1. The molecule has 0 aliphatic heterocycles. The fourth-order valence-electron chi connectivity index (χ4n) is 2.54. The number of nitrogen functional groups attached to an aromatic ring is 1. The number of ether oxygens (including phenoxy) is 1. The third-order valence-electron chi connectivity index (χ3n) is 3.65. The average Bonchev–Trinajstić information content (AvgIpc) is 2.90. The lowest BCUT2D eigenvalue weighted by atomic mass is 10.1. The molecule has 0 radical (unpaired) electrons. The van der Waals surface area contributed by atoms with Gasteiger partial charge in [-0.25, -0.2) is 0 Å². The third kappa shape index (κ3) is 2.53. The van der Waals surface area contributed by atoms with Gasteiger partial charge in [-0.1, -0.05) is 30.3 Å². The van der Waals surface area contributed by atoms with Crippen LogP contribution in [0, 0.1) is 0 Å². The minimum Gasteiger partial charge on any atom is -0.496 e. The molecule has 0 saturated heterocycles. The number of aromatic nitrogens is 2. The SMILES string of the molecule is COc1ccccc1CCC(=O)n1nc(N)c2ccccc21. The first kappa shape index (κ1) is 14.1. The molecule has 0 atom stereocenters. The maximum absolute atomic E-state index is 12.4. The number of anilines is 1. The Morgan fingerprint density at radius 1 is 1.18 bits per heavy atom. The van der Waals surface area contributed by atoms with Crippen LogP contribution < -0.4 is 10.5 Å². The first-order valence-electron chi connectivity index (χ1n) is 7.09. The van der Waals surface area contributed by atoms with Crippen molar-refractivity contribution >= 4 is 22.6 Å². The number of aryl methyl sites for hydroxylation is 1. The van der Waals surface area contributed by atoms with Gasteiger partial charge in [-0.15, -0.1) is 5.10 Å². The molecule has 3 rings (SSSR count). The van der Waals surface area contributed by atoms with Gasteiger partial charge in [0.25, 0.3) is 0 Å². The highest BCUT2D eigenvalue weighted by Gasteiger charge is 2.14. The van der Waals surface area contributed by atoms with E-state index in [1.165, 1.54) is 4.68 Å². The summed E-state index contributed by atoms with van der Waals surface area (Å²) in [7, 11) is 1.63. The zero-order chi connectivity index (χ0) is 15.5. The highest BCUT2D eigenvalue weighted by molar-refractivity contribution is 5.96. The molecule has 0 aliphatic rings. The van der Waals surface area contributed by atoms with Gasteiger partial charge in [0, 0.05) is 11.8 Å². The molecule has 0 bridgehead atoms. The Kier molecular flexibility index (Phi) is 3.78. The van der Waals surface area contributed by atoms with Crippen LogP contribution >= 0.6 is 0 Å². The lowest BCUT2D eigenvalue weighted by molar-refractivity contribution is 0.0893. The molecule has 22 heavy (non-hydrogen) atoms. The minimum absolute atomic E-state index is 0.0844. The third-order valence-corrected chi connectivity index (χ3v) is 3.65. The van der Waals surface area contributed by atoms with E-state index in [0.29, 0.717) is 18.7 Å². The van der Waals surface area contributed by atoms with E-state index in [1.54, 1.807) is 7.11 Å². The number of hydrogen-bond acceptors (Lipinski definition) is 4. The van der Waals surface area contributed by atoms with Crippen molar-refractivity contribution in [1.29, 1.82) is 0 Å². The predicted octanol–water partition coefficient (Wildman–Crippen LogP) is 2.90. The van der Waals surface area contributed by atoms with E-state index in [0.717, 1.165) is 22.2 Å². The maximum Gasteiger partial charge on any atom is 0.247 e. The molecule has 0 saturated carbocycles. The van der Waals surface area contributed by atoms with Crippen LogP contribution in [0.3, 0.4) is 0 Å². The Bertz CT molecular complexity index is 824. The largest absolute Gasteiger partial charge is 0.496 e. The summed E-state index contributed by atoms with van der Waals surface area (Å²) in [5.74, 6) is 1.08. The van der Waals surface area contributed by atoms with Gasteiger partial charge in [-0.05, 0) is 30.2 Å². The monoisotopic (exact) mass is 295 g/mol. The second-order valence-electron chi connectivity index (χ2n) is 5.02. The van der Waals surface area contributed by atoms with Crippen LogP contribution in [0.2, 0.25) is 0 Å². The van der Waals surface area contributed by atoms with Crippen molar-refractivity contribution < 1.29 is 9.53 Å². The van der Waals surface area contributed by atoms with E-state index in [1.807, 2.05) is 48.5 Å². The van der Waals surface area contributed by atoms with Crippen LogP contribution in [0.4, 0.5) is 5.82 Å². The second-order valence-corrected chi connectivity index (χ2v) is 5.02. The lowest BCUT2D eigenvalue weighted by Gasteiger charge is -2.07. The molecule has 2 N–H and O–H groups in total. The normalized spacial score (nSPS) is 10.8. The standard InChI is InChI=1S/C17H17N3O2/c1-22-15-9-5-2-6-12(15)10-11-16(21)20-14-8-4-3-7-13(14)17(18)19-20/h2-9H,10-11H2,1H3,(H2,18,19). The Hall–Kier alpha value is -2.82. The van der Waals surface area contributed by atoms with E-state index >= 15 is 0 Å². The van der Waals surface area contributed by atoms with Crippen molar-refractivity contribution in [1.82, 2.24) is 9.78 Å². The molecule has 1 heterocycles. The molecule has 0 fully saturated rings. The van der Waals surface area contributed by atoms with Gasteiger partial charge < -0.3 is 10.5 Å². The molecule has 0 aliphatic carbocycles. The molecule has 112 valence electrons. The zero-order valence-corrected chi connectivity index (χ0v) is 12.3. The molecule has 3 aromatic rings. The number of rotatable bonds is 4. The molecule has 5 heteroatoms. The van der Waals surface area contributed by atoms with Crippen LogP contribution in [-0.2, 0) is 6.42 Å². The predicted molar refractivity (Wildman–Crippen MR) is 86.1 cm³/mol. The lowest BCUT2D eigenvalue weighted by Crippen LogP contribution is -2.13. The van der Waals surface area contributed by atoms with Gasteiger partial charge in [0.1, 0.15) is 5.75 Å². The highest BCUT2D eigenvalue weighted by Crippen LogP contribution is 2.22. The summed E-state index contributed by atoms with van der Waals surface area (Å²) in [6.45, 7) is 0. The number of hydrogen-bond donors (Lipinski definition) is 1. The molecule has 5 nitrogen and oxygen atoms in total. The quantitative estimate of drug-likeness (QED) is 0.803. The van der Waals surface area contributed by atoms with Crippen LogP contribution in [0.15, 0.2) is 48.5 Å². The number of para-hydroxylation sites is 2. The van der Waals surface area contributed by atoms with E-state index in [4.69, 9.17) is 10.5 Å². The van der Waals surface area contributed by atoms with Gasteiger partial charge in [0.15, 0.2) is 5.82 Å². The Morgan fingerprint density at radius 3 is 2.73 bits per heavy atom. The molecule has 0 amide bonds. The van der Waals surface area contributed by atoms with Gasteiger partial charge in [-0.2, -0.15) is 4.68 Å². The molecule has 0 unspecified atom stereocenters. The van der Waals surface area contributed by atoms with E-state index in [-0.39, 0.29) is 5.91 Å². The topological polar surface area (TPSA) is 70.1 Å². The van der Waals surface area contributed by atoms with Crippen molar-refractivity contribution in [2.75, 3.05) is 12.8 Å². The Labute approximate surface area is 128 Å². The first-order valence-corrected chi connectivity index (χ1v) is 7.09. The first-order chi connectivity index (χ1) is 10.7. The Morgan fingerprint density at radius 2 is 1.91 bits per heavy atom. The highest BCUT2D eigenvalue weighted by atomic mass is 16.5. The van der Waals surface area contributed by atoms with Gasteiger partial charge in [-0.3, -0.25) is 4.79 Å². The second kappa shape index (κ2) is 5.89. The summed E-state index contributed by atoms with van der Waals surface area (Å²) in [4.78, 5) is 12.4. The summed E-state index contributed by atoms with van der Waals surface area (Å²) in [5.41, 5.74) is 7.61. The molecule has 0 spiro atoms. The summed E-state index contributed by atoms with van der Waals surface area (Å²) in [6, 6.07) is 15.1. The molecular weight excluding hydrogens is 278 g/mol. The fraction of sp³-hybridized carbons (Fsp3) is 0.176. The van der Waals surface area contributed by atoms with Gasteiger partial charge in [0.05, 0.1) is 12.6 Å². The molecule has 2 aromatic carbocycles. The van der Waals surface area contributed by atoms with Crippen molar-refractivity contribution in [2.24, 2.45) is 0 Å². The number of benzene rings is 2. The number of fused-ring (bicyclic) bond motifs is 1. The summed E-state index contributed by atoms with van der Waals surface area (Å²) >= 11 is 0. The van der Waals surface area contributed by atoms with Crippen molar-refractivity contribution in [3.05, 3.63) is 54.1 Å². The molecule has 1 aromatic heterocycles. The van der Waals surface area contributed by atoms with Gasteiger partial charge >= 0.3 is 0 Å². The minimum atomic E-state index is -0.0844. The van der Waals surface area contributed by atoms with Crippen molar-refractivity contribution in [3.63, 3.8) is 0 Å². The van der Waals surface area contributed by atoms with Crippen LogP contribution in [-0.4, -0.2) is 22.8 Å². The van der Waals surface area contributed by atoms with Crippen LogP contribution in [0.25, 0.3) is 10.9 Å². The number of nitrogens with zero attached hydrogens (tertiary/aromatic N) is 2. The molecular formula is C17H17N3O2. The van der Waals surface area contributed by atoms with E-state index in [2.05, 4.69) is 5.10 Å². The van der Waals surface area contributed by atoms with Crippen molar-refractivity contribution in [2.45, 2.75) is 12.8 Å². The summed E-state index contributed by atoms with van der Waals surface area (Å²) in [6.07, 6.45) is 0.933. The average molecular weight is 295 g/mol. The zero-order valence-electron chi connectivity index (χ0n) is 12.3. The van der Waals surface area contributed by atoms with Gasteiger partial charge in [0.2, 0.25) is 5.91 Å². The number of nitrogens with two attached hydrogens (primary N) is 1. The smallest absolute Gasteiger partial charge is 0.247 e. The van der Waals surface area contributed by atoms with E-state index in [9.17, 15) is 4.79 Å². The van der Waals surface area contributed by atoms with Crippen molar-refractivity contribution in [3.8, 4) is 5.75 Å². The fourth-order valence-corrected chi connectivity index (χ4v) is 2.54. The number of carbonyl (C=O) groups is 1. The van der Waals surface area contributed by atoms with Crippen LogP contribution in [0.5, 0.6) is 5.75 Å². The summed E-state index contributed by atoms with van der Waals surface area (Å²) < 4.78 is 6.69. The van der Waals surface area contributed by atoms with Crippen LogP contribution in [0.1, 0.15) is 16.8 Å². The number of carbonyl (C=O) groups excluding carboxylic acids is 1. The maximum atomic E-state index is 12.4.